The molecule has 6 heteroatoms. The first kappa shape index (κ1) is 9.57. The quantitative estimate of drug-likeness (QED) is 0.789. The van der Waals surface area contributed by atoms with Gasteiger partial charge in [0.05, 0.1) is 24.3 Å². The van der Waals surface area contributed by atoms with Gasteiger partial charge in [0.25, 0.3) is 5.78 Å². The first-order chi connectivity index (χ1) is 7.27. The lowest BCUT2D eigenvalue weighted by Crippen LogP contribution is -2.00. The Morgan fingerprint density at radius 3 is 3.07 bits per heavy atom. The van der Waals surface area contributed by atoms with E-state index in [1.807, 2.05) is 0 Å². The third kappa shape index (κ3) is 2.09. The Kier molecular flexibility index (Phi) is 2.57. The standard InChI is InChI=1S/C9H10N4O2/c14-8(15)3-1-2-7-6-11-9-10-4-5-12-13(7)9/h4-6H,1-3H2,(H,14,15). The zero-order chi connectivity index (χ0) is 10.7. The zero-order valence-electron chi connectivity index (χ0n) is 8.00. The van der Waals surface area contributed by atoms with E-state index in [2.05, 4.69) is 15.1 Å². The summed E-state index contributed by atoms with van der Waals surface area (Å²) in [7, 11) is 0. The van der Waals surface area contributed by atoms with Gasteiger partial charge in [-0.15, -0.1) is 0 Å². The molecule has 15 heavy (non-hydrogen) atoms. The van der Waals surface area contributed by atoms with E-state index in [1.165, 1.54) is 0 Å². The highest BCUT2D eigenvalue weighted by Crippen LogP contribution is 2.05. The molecule has 0 saturated carbocycles. The van der Waals surface area contributed by atoms with Crippen LogP contribution in [0.15, 0.2) is 18.6 Å². The normalized spacial score (nSPS) is 10.7. The van der Waals surface area contributed by atoms with E-state index in [-0.39, 0.29) is 6.42 Å². The molecule has 0 bridgehead atoms. The lowest BCUT2D eigenvalue weighted by molar-refractivity contribution is -0.137. The van der Waals surface area contributed by atoms with Gasteiger partial charge >= 0.3 is 5.97 Å². The Morgan fingerprint density at radius 1 is 1.40 bits per heavy atom. The summed E-state index contributed by atoms with van der Waals surface area (Å²) in [6.45, 7) is 0. The molecule has 0 amide bonds. The lowest BCUT2D eigenvalue weighted by Gasteiger charge is -1.97. The maximum atomic E-state index is 10.3. The van der Waals surface area contributed by atoms with Gasteiger partial charge in [0, 0.05) is 6.42 Å². The fraction of sp³-hybridized carbons (Fsp3) is 0.333. The molecule has 1 N–H and O–H groups in total. The molecular formula is C9H10N4O2. The second-order valence-electron chi connectivity index (χ2n) is 3.15. The van der Waals surface area contributed by atoms with Crippen LogP contribution in [-0.4, -0.2) is 30.7 Å². The molecule has 0 saturated heterocycles. The van der Waals surface area contributed by atoms with Crippen molar-refractivity contribution in [2.45, 2.75) is 19.3 Å². The smallest absolute Gasteiger partial charge is 0.303 e. The molecule has 0 spiro atoms. The zero-order valence-corrected chi connectivity index (χ0v) is 8.00. The maximum absolute atomic E-state index is 10.3. The van der Waals surface area contributed by atoms with E-state index in [4.69, 9.17) is 5.11 Å². The Bertz CT molecular complexity index is 480. The van der Waals surface area contributed by atoms with E-state index in [0.29, 0.717) is 18.6 Å². The average Bonchev–Trinajstić information content (AvgIpc) is 2.62. The van der Waals surface area contributed by atoms with Crippen LogP contribution in [0, 0.1) is 0 Å². The van der Waals surface area contributed by atoms with Crippen molar-refractivity contribution in [2.24, 2.45) is 0 Å². The van der Waals surface area contributed by atoms with Crippen LogP contribution in [-0.2, 0) is 11.2 Å². The summed E-state index contributed by atoms with van der Waals surface area (Å²) in [5, 5.41) is 12.6. The lowest BCUT2D eigenvalue weighted by atomic mass is 10.2. The summed E-state index contributed by atoms with van der Waals surface area (Å²) in [5.41, 5.74) is 0.888. The number of aryl methyl sites for hydroxylation is 1. The van der Waals surface area contributed by atoms with Gasteiger partial charge in [0.1, 0.15) is 0 Å². The van der Waals surface area contributed by atoms with Gasteiger partial charge in [-0.25, -0.2) is 14.5 Å². The van der Waals surface area contributed by atoms with Gasteiger partial charge < -0.3 is 5.11 Å². The second kappa shape index (κ2) is 4.04. The Balaban J connectivity index is 2.11. The highest BCUT2D eigenvalue weighted by atomic mass is 16.4. The van der Waals surface area contributed by atoms with Gasteiger partial charge in [-0.1, -0.05) is 0 Å². The second-order valence-corrected chi connectivity index (χ2v) is 3.15. The van der Waals surface area contributed by atoms with Gasteiger partial charge in [-0.3, -0.25) is 4.79 Å². The van der Waals surface area contributed by atoms with Crippen molar-refractivity contribution in [1.82, 2.24) is 19.6 Å². The molecule has 2 rings (SSSR count). The first-order valence-corrected chi connectivity index (χ1v) is 4.63. The van der Waals surface area contributed by atoms with E-state index in [0.717, 1.165) is 5.69 Å². The summed E-state index contributed by atoms with van der Waals surface area (Å²) >= 11 is 0. The minimum Gasteiger partial charge on any atom is -0.481 e. The minimum absolute atomic E-state index is 0.160. The van der Waals surface area contributed by atoms with Gasteiger partial charge in [0.2, 0.25) is 0 Å². The van der Waals surface area contributed by atoms with Crippen LogP contribution in [0.25, 0.3) is 5.78 Å². The van der Waals surface area contributed by atoms with Crippen molar-refractivity contribution in [2.75, 3.05) is 0 Å². The van der Waals surface area contributed by atoms with Crippen LogP contribution in [0.5, 0.6) is 0 Å². The van der Waals surface area contributed by atoms with Crippen molar-refractivity contribution in [3.8, 4) is 0 Å². The highest BCUT2D eigenvalue weighted by molar-refractivity contribution is 5.66. The number of carbonyl (C=O) groups is 1. The molecule has 0 aliphatic carbocycles. The number of carboxylic acids is 1. The van der Waals surface area contributed by atoms with Crippen LogP contribution in [0.3, 0.4) is 0 Å². The number of nitrogens with zero attached hydrogens (tertiary/aromatic N) is 4. The summed E-state index contributed by atoms with van der Waals surface area (Å²) < 4.78 is 1.63. The number of fused-ring (bicyclic) bond motifs is 1. The van der Waals surface area contributed by atoms with Crippen molar-refractivity contribution >= 4 is 11.7 Å². The van der Waals surface area contributed by atoms with Crippen LogP contribution in [0.1, 0.15) is 18.5 Å². The third-order valence-corrected chi connectivity index (χ3v) is 2.05. The summed E-state index contributed by atoms with van der Waals surface area (Å²) in [4.78, 5) is 18.4. The van der Waals surface area contributed by atoms with Crippen molar-refractivity contribution < 1.29 is 9.90 Å². The molecule has 6 nitrogen and oxygen atoms in total. The Morgan fingerprint density at radius 2 is 2.27 bits per heavy atom. The fourth-order valence-electron chi connectivity index (χ4n) is 1.37. The predicted octanol–water partition coefficient (Wildman–Crippen LogP) is 0.532. The fourth-order valence-corrected chi connectivity index (χ4v) is 1.37. The van der Waals surface area contributed by atoms with E-state index < -0.39 is 5.97 Å². The van der Waals surface area contributed by atoms with E-state index >= 15 is 0 Å². The minimum atomic E-state index is -0.782. The highest BCUT2D eigenvalue weighted by Gasteiger charge is 2.05. The largest absolute Gasteiger partial charge is 0.481 e. The van der Waals surface area contributed by atoms with Gasteiger partial charge in [0.15, 0.2) is 0 Å². The monoisotopic (exact) mass is 206 g/mol. The molecule has 0 radical (unpaired) electrons. The first-order valence-electron chi connectivity index (χ1n) is 4.63. The van der Waals surface area contributed by atoms with Crippen molar-refractivity contribution in [1.29, 1.82) is 0 Å². The van der Waals surface area contributed by atoms with Gasteiger partial charge in [-0.2, -0.15) is 5.10 Å². The summed E-state index contributed by atoms with van der Waals surface area (Å²) in [6, 6.07) is 0. The summed E-state index contributed by atoms with van der Waals surface area (Å²) in [5.74, 6) is -0.238. The number of carboxylic acid groups (broad SMARTS) is 1. The molecule has 0 atom stereocenters. The number of aliphatic carboxylic acids is 1. The summed E-state index contributed by atoms with van der Waals surface area (Å²) in [6.07, 6.45) is 6.22. The van der Waals surface area contributed by atoms with Crippen LogP contribution in [0.2, 0.25) is 0 Å². The SMILES string of the molecule is O=C(O)CCCc1cnc2nccnn12. The van der Waals surface area contributed by atoms with E-state index in [9.17, 15) is 4.79 Å². The van der Waals surface area contributed by atoms with Crippen molar-refractivity contribution in [3.63, 3.8) is 0 Å². The topological polar surface area (TPSA) is 80.4 Å². The molecular weight excluding hydrogens is 196 g/mol. The molecule has 2 aromatic heterocycles. The molecule has 0 fully saturated rings. The number of rotatable bonds is 4. The molecule has 0 unspecified atom stereocenters. The van der Waals surface area contributed by atoms with Crippen LogP contribution < -0.4 is 0 Å². The molecule has 2 heterocycles. The molecule has 0 aromatic carbocycles. The van der Waals surface area contributed by atoms with E-state index in [1.54, 1.807) is 23.1 Å². The Labute approximate surface area is 85.6 Å². The average molecular weight is 206 g/mol. The number of imidazole rings is 1. The molecule has 0 aliphatic rings. The number of hydrogen-bond acceptors (Lipinski definition) is 4. The van der Waals surface area contributed by atoms with Crippen LogP contribution in [0.4, 0.5) is 0 Å². The number of hydrogen-bond donors (Lipinski definition) is 1. The maximum Gasteiger partial charge on any atom is 0.303 e. The molecule has 78 valence electrons. The predicted molar refractivity (Wildman–Crippen MR) is 51.4 cm³/mol. The van der Waals surface area contributed by atoms with Gasteiger partial charge in [-0.05, 0) is 12.8 Å². The molecule has 0 aliphatic heterocycles. The molecule has 2 aromatic rings. The Hall–Kier alpha value is -1.98. The number of aromatic nitrogens is 4. The van der Waals surface area contributed by atoms with Crippen molar-refractivity contribution in [3.05, 3.63) is 24.3 Å². The van der Waals surface area contributed by atoms with Crippen LogP contribution >= 0.6 is 0 Å². The third-order valence-electron chi connectivity index (χ3n) is 2.05.